The van der Waals surface area contributed by atoms with Gasteiger partial charge in [-0.1, -0.05) is 93.1 Å². The van der Waals surface area contributed by atoms with Gasteiger partial charge in [-0.3, -0.25) is 9.59 Å². The van der Waals surface area contributed by atoms with Crippen molar-refractivity contribution in [3.8, 4) is 11.3 Å². The number of nitrogens with one attached hydrogen (secondary N) is 1. The van der Waals surface area contributed by atoms with Gasteiger partial charge in [0, 0.05) is 34.8 Å². The van der Waals surface area contributed by atoms with Gasteiger partial charge in [-0.15, -0.1) is 0 Å². The van der Waals surface area contributed by atoms with E-state index in [1.165, 1.54) is 12.1 Å². The fourth-order valence-corrected chi connectivity index (χ4v) is 6.43. The van der Waals surface area contributed by atoms with Crippen LogP contribution in [0.5, 0.6) is 0 Å². The summed E-state index contributed by atoms with van der Waals surface area (Å²) in [7, 11) is 1.99. The maximum Gasteiger partial charge on any atom is 0.416 e. The highest BCUT2D eigenvalue weighted by Crippen LogP contribution is 2.48. The molecule has 3 atom stereocenters. The van der Waals surface area contributed by atoms with E-state index in [-0.39, 0.29) is 17.5 Å². The summed E-state index contributed by atoms with van der Waals surface area (Å²) in [4.78, 5) is 30.2. The minimum Gasteiger partial charge on any atom is -0.343 e. The summed E-state index contributed by atoms with van der Waals surface area (Å²) in [6.07, 6.45) is -3.99. The van der Waals surface area contributed by atoms with E-state index in [1.54, 1.807) is 17.0 Å². The van der Waals surface area contributed by atoms with E-state index in [1.807, 2.05) is 87.6 Å². The van der Waals surface area contributed by atoms with E-state index < -0.39 is 29.7 Å². The van der Waals surface area contributed by atoms with Crippen molar-refractivity contribution in [3.05, 3.63) is 125 Å². The van der Waals surface area contributed by atoms with Crippen LogP contribution in [0, 0.1) is 5.92 Å². The number of carbonyl (C=O) groups is 2. The quantitative estimate of drug-likeness (QED) is 0.205. The number of hydrogen-bond acceptors (Lipinski definition) is 2. The third kappa shape index (κ3) is 4.94. The highest BCUT2D eigenvalue weighted by molar-refractivity contribution is 6.06. The molecule has 4 aromatic carbocycles. The number of amides is 2. The lowest BCUT2D eigenvalue weighted by atomic mass is 9.90. The molecule has 6 rings (SSSR count). The Morgan fingerprint density at radius 2 is 1.59 bits per heavy atom. The van der Waals surface area contributed by atoms with Gasteiger partial charge < -0.3 is 14.8 Å². The van der Waals surface area contributed by atoms with Crippen molar-refractivity contribution in [1.29, 1.82) is 0 Å². The number of halogens is 3. The fraction of sp³-hybridized carbons (Fsp3) is 0.222. The van der Waals surface area contributed by atoms with Gasteiger partial charge in [-0.25, -0.2) is 0 Å². The number of anilines is 1. The maximum absolute atomic E-state index is 14.4. The van der Waals surface area contributed by atoms with Gasteiger partial charge in [-0.05, 0) is 47.4 Å². The standard InChI is InChI=1S/C36H32F3N3O2/c1-4-22(2)31(34(43)40-25-16-12-15-24(21-25)36(37,38)39)42-33(26-17-8-9-18-27(26)35(42)44)30-28-19-10-11-20-29(28)41(3)32(30)23-13-6-5-7-14-23/h5-22,31,33H,4H2,1-3H3,(H,40,43). The van der Waals surface area contributed by atoms with Crippen LogP contribution in [0.1, 0.15) is 53.4 Å². The fourth-order valence-electron chi connectivity index (χ4n) is 6.43. The van der Waals surface area contributed by atoms with E-state index in [0.29, 0.717) is 12.0 Å². The zero-order valence-electron chi connectivity index (χ0n) is 24.6. The predicted octanol–water partition coefficient (Wildman–Crippen LogP) is 8.46. The predicted molar refractivity (Wildman–Crippen MR) is 166 cm³/mol. The van der Waals surface area contributed by atoms with Gasteiger partial charge >= 0.3 is 6.18 Å². The second kappa shape index (κ2) is 11.3. The second-order valence-corrected chi connectivity index (χ2v) is 11.3. The summed E-state index contributed by atoms with van der Waals surface area (Å²) >= 11 is 0. The largest absolute Gasteiger partial charge is 0.416 e. The molecule has 1 aliphatic rings. The molecule has 44 heavy (non-hydrogen) atoms. The van der Waals surface area contributed by atoms with Gasteiger partial charge in [-0.2, -0.15) is 13.2 Å². The van der Waals surface area contributed by atoms with E-state index in [0.717, 1.165) is 45.4 Å². The molecule has 0 radical (unpaired) electrons. The van der Waals surface area contributed by atoms with Crippen molar-refractivity contribution in [2.75, 3.05) is 5.32 Å². The van der Waals surface area contributed by atoms with Gasteiger partial charge in [0.2, 0.25) is 5.91 Å². The summed E-state index contributed by atoms with van der Waals surface area (Å²) in [5, 5.41) is 3.67. The molecule has 224 valence electrons. The Balaban J connectivity index is 1.55. The average molecular weight is 596 g/mol. The van der Waals surface area contributed by atoms with Crippen molar-refractivity contribution in [2.24, 2.45) is 13.0 Å². The van der Waals surface area contributed by atoms with Crippen LogP contribution < -0.4 is 5.32 Å². The zero-order chi connectivity index (χ0) is 31.2. The first-order chi connectivity index (χ1) is 21.1. The lowest BCUT2D eigenvalue weighted by molar-refractivity contribution is -0.137. The normalized spacial score (nSPS) is 16.2. The number of benzene rings is 4. The molecule has 8 heteroatoms. The number of carbonyl (C=O) groups excluding carboxylic acids is 2. The smallest absolute Gasteiger partial charge is 0.343 e. The first kappa shape index (κ1) is 29.2. The van der Waals surface area contributed by atoms with E-state index in [2.05, 4.69) is 9.88 Å². The maximum atomic E-state index is 14.4. The van der Waals surface area contributed by atoms with E-state index in [4.69, 9.17) is 0 Å². The van der Waals surface area contributed by atoms with Crippen molar-refractivity contribution in [1.82, 2.24) is 9.47 Å². The Kier molecular flexibility index (Phi) is 7.53. The van der Waals surface area contributed by atoms with Gasteiger partial charge in [0.1, 0.15) is 6.04 Å². The van der Waals surface area contributed by atoms with Crippen LogP contribution in [-0.2, 0) is 18.0 Å². The topological polar surface area (TPSA) is 54.3 Å². The highest BCUT2D eigenvalue weighted by atomic mass is 19.4. The third-order valence-corrected chi connectivity index (χ3v) is 8.67. The second-order valence-electron chi connectivity index (χ2n) is 11.3. The van der Waals surface area contributed by atoms with Crippen LogP contribution >= 0.6 is 0 Å². The van der Waals surface area contributed by atoms with Crippen molar-refractivity contribution >= 4 is 28.4 Å². The molecular formula is C36H32F3N3O2. The molecule has 0 saturated carbocycles. The average Bonchev–Trinajstić information content (AvgIpc) is 3.47. The Hall–Kier alpha value is -4.85. The molecule has 0 fully saturated rings. The van der Waals surface area contributed by atoms with Crippen molar-refractivity contribution < 1.29 is 22.8 Å². The number of aromatic nitrogens is 1. The Morgan fingerprint density at radius 3 is 2.32 bits per heavy atom. The Labute approximate surface area is 253 Å². The van der Waals surface area contributed by atoms with E-state index in [9.17, 15) is 22.8 Å². The lowest BCUT2D eigenvalue weighted by Gasteiger charge is -2.36. The number of nitrogens with zero attached hydrogens (tertiary/aromatic N) is 2. The molecule has 0 bridgehead atoms. The molecule has 3 unspecified atom stereocenters. The number of aryl methyl sites for hydroxylation is 1. The first-order valence-electron chi connectivity index (χ1n) is 14.6. The van der Waals surface area contributed by atoms with Crippen LogP contribution in [0.2, 0.25) is 0 Å². The number of para-hydroxylation sites is 1. The Morgan fingerprint density at radius 1 is 0.909 bits per heavy atom. The monoisotopic (exact) mass is 595 g/mol. The number of fused-ring (bicyclic) bond motifs is 2. The highest BCUT2D eigenvalue weighted by Gasteiger charge is 2.47. The number of hydrogen-bond donors (Lipinski definition) is 1. The van der Waals surface area contributed by atoms with Crippen LogP contribution in [0.25, 0.3) is 22.2 Å². The molecule has 0 aliphatic carbocycles. The van der Waals surface area contributed by atoms with Crippen LogP contribution in [0.15, 0.2) is 103 Å². The summed E-state index contributed by atoms with van der Waals surface area (Å²) in [5.74, 6) is -1.13. The Bertz CT molecular complexity index is 1860. The molecule has 2 amide bonds. The van der Waals surface area contributed by atoms with Crippen LogP contribution in [0.3, 0.4) is 0 Å². The summed E-state index contributed by atoms with van der Waals surface area (Å²) < 4.78 is 42.5. The third-order valence-electron chi connectivity index (χ3n) is 8.67. The van der Waals surface area contributed by atoms with Crippen molar-refractivity contribution in [2.45, 2.75) is 38.5 Å². The molecule has 0 spiro atoms. The lowest BCUT2D eigenvalue weighted by Crippen LogP contribution is -2.50. The number of alkyl halides is 3. The molecule has 1 N–H and O–H groups in total. The molecule has 5 nitrogen and oxygen atoms in total. The van der Waals surface area contributed by atoms with E-state index >= 15 is 0 Å². The van der Waals surface area contributed by atoms with Gasteiger partial charge in [0.25, 0.3) is 5.91 Å². The van der Waals surface area contributed by atoms with Gasteiger partial charge in [0.15, 0.2) is 0 Å². The minimum absolute atomic E-state index is 0.0222. The molecular weight excluding hydrogens is 563 g/mol. The molecule has 0 saturated heterocycles. The summed E-state index contributed by atoms with van der Waals surface area (Å²) in [5.41, 5.74) is 4.21. The molecule has 5 aromatic rings. The molecule has 2 heterocycles. The minimum atomic E-state index is -4.56. The SMILES string of the molecule is CCC(C)C(C(=O)Nc1cccc(C(F)(F)F)c1)N1C(=O)c2ccccc2C1c1c(-c2ccccc2)n(C)c2ccccc12. The van der Waals surface area contributed by atoms with Crippen LogP contribution in [0.4, 0.5) is 18.9 Å². The first-order valence-corrected chi connectivity index (χ1v) is 14.6. The number of rotatable bonds is 7. The summed E-state index contributed by atoms with van der Waals surface area (Å²) in [6, 6.07) is 28.3. The molecule has 1 aromatic heterocycles. The molecule has 1 aliphatic heterocycles. The van der Waals surface area contributed by atoms with Crippen molar-refractivity contribution in [3.63, 3.8) is 0 Å². The van der Waals surface area contributed by atoms with Crippen LogP contribution in [-0.4, -0.2) is 27.3 Å². The van der Waals surface area contributed by atoms with Gasteiger partial charge in [0.05, 0.1) is 17.3 Å². The summed E-state index contributed by atoms with van der Waals surface area (Å²) in [6.45, 7) is 3.83. The zero-order valence-corrected chi connectivity index (χ0v) is 24.6.